The van der Waals surface area contributed by atoms with E-state index < -0.39 is 6.23 Å². The van der Waals surface area contributed by atoms with Gasteiger partial charge in [-0.25, -0.2) is 4.99 Å². The van der Waals surface area contributed by atoms with Crippen LogP contribution in [0.1, 0.15) is 0 Å². The summed E-state index contributed by atoms with van der Waals surface area (Å²) in [6.07, 6.45) is 6.88. The van der Waals surface area contributed by atoms with Crippen molar-refractivity contribution < 1.29 is 5.11 Å². The highest BCUT2D eigenvalue weighted by Gasteiger charge is 2.26. The molecule has 1 fully saturated rings. The smallest absolute Gasteiger partial charge is 0.170 e. The van der Waals surface area contributed by atoms with Gasteiger partial charge >= 0.3 is 0 Å². The Kier molecular flexibility index (Phi) is 1.71. The normalized spacial score (nSPS) is 28.3. The van der Waals surface area contributed by atoms with Gasteiger partial charge in [-0.05, 0) is 12.2 Å². The molecule has 0 aromatic rings. The lowest BCUT2D eigenvalue weighted by Gasteiger charge is -2.15. The van der Waals surface area contributed by atoms with Crippen molar-refractivity contribution in [2.45, 2.75) is 6.23 Å². The number of aliphatic hydroxyl groups is 1. The Labute approximate surface area is 69.1 Å². The van der Waals surface area contributed by atoms with Gasteiger partial charge in [0.15, 0.2) is 5.17 Å². The largest absolute Gasteiger partial charge is 0.372 e. The van der Waals surface area contributed by atoms with Crippen molar-refractivity contribution in [3.63, 3.8) is 0 Å². The molecule has 1 saturated heterocycles. The van der Waals surface area contributed by atoms with E-state index in [9.17, 15) is 5.11 Å². The first kappa shape index (κ1) is 6.94. The molecule has 1 unspecified atom stereocenters. The number of hydrogen-bond donors (Lipinski definition) is 1. The number of hydrogen-bond acceptors (Lipinski definition) is 4. The van der Waals surface area contributed by atoms with Crippen LogP contribution < -0.4 is 0 Å². The van der Waals surface area contributed by atoms with E-state index in [1.807, 2.05) is 18.4 Å². The average Bonchev–Trinajstić information content (AvgIpc) is 2.25. The third-order valence-corrected chi connectivity index (χ3v) is 2.57. The Balaban J connectivity index is 2.30. The average molecular weight is 168 g/mol. The quantitative estimate of drug-likeness (QED) is 0.580. The molecular formula is C7H8N2OS. The van der Waals surface area contributed by atoms with Gasteiger partial charge in [-0.3, -0.25) is 0 Å². The SMILES string of the molecule is OC1CSC2=NC=CC=CN21. The minimum absolute atomic E-state index is 0.408. The molecule has 58 valence electrons. The van der Waals surface area contributed by atoms with Gasteiger partial charge in [0, 0.05) is 18.2 Å². The van der Waals surface area contributed by atoms with Crippen LogP contribution in [0.3, 0.4) is 0 Å². The first-order valence-corrected chi connectivity index (χ1v) is 4.37. The molecule has 0 aromatic heterocycles. The van der Waals surface area contributed by atoms with Gasteiger partial charge in [0.05, 0.1) is 0 Å². The number of fused-ring (bicyclic) bond motifs is 1. The minimum atomic E-state index is -0.408. The van der Waals surface area contributed by atoms with Gasteiger partial charge in [-0.15, -0.1) is 0 Å². The van der Waals surface area contributed by atoms with Crippen LogP contribution >= 0.6 is 11.8 Å². The summed E-state index contributed by atoms with van der Waals surface area (Å²) in [7, 11) is 0. The Morgan fingerprint density at radius 3 is 3.45 bits per heavy atom. The molecule has 4 heteroatoms. The lowest BCUT2D eigenvalue weighted by molar-refractivity contribution is 0.113. The zero-order valence-electron chi connectivity index (χ0n) is 5.84. The zero-order valence-corrected chi connectivity index (χ0v) is 6.66. The van der Waals surface area contributed by atoms with E-state index in [-0.39, 0.29) is 0 Å². The summed E-state index contributed by atoms with van der Waals surface area (Å²) in [4.78, 5) is 5.91. The van der Waals surface area contributed by atoms with Crippen molar-refractivity contribution in [1.29, 1.82) is 0 Å². The molecule has 2 rings (SSSR count). The topological polar surface area (TPSA) is 35.8 Å². The molecule has 3 nitrogen and oxygen atoms in total. The van der Waals surface area contributed by atoms with Gasteiger partial charge in [0.1, 0.15) is 6.23 Å². The van der Waals surface area contributed by atoms with E-state index >= 15 is 0 Å². The Bertz CT molecular complexity index is 247. The van der Waals surface area contributed by atoms with Gasteiger partial charge in [-0.1, -0.05) is 11.8 Å². The van der Waals surface area contributed by atoms with Gasteiger partial charge in [0.25, 0.3) is 0 Å². The summed E-state index contributed by atoms with van der Waals surface area (Å²) >= 11 is 1.57. The highest BCUT2D eigenvalue weighted by atomic mass is 32.2. The summed E-state index contributed by atoms with van der Waals surface area (Å²) in [5.41, 5.74) is 0. The molecule has 2 heterocycles. The van der Waals surface area contributed by atoms with Crippen molar-refractivity contribution in [3.8, 4) is 0 Å². The van der Waals surface area contributed by atoms with Gasteiger partial charge in [0.2, 0.25) is 0 Å². The van der Waals surface area contributed by atoms with E-state index in [0.717, 1.165) is 5.17 Å². The van der Waals surface area contributed by atoms with E-state index in [2.05, 4.69) is 4.99 Å². The summed E-state index contributed by atoms with van der Waals surface area (Å²) in [6.45, 7) is 0. The number of allylic oxidation sites excluding steroid dienone is 2. The Hall–Kier alpha value is -0.740. The van der Waals surface area contributed by atoms with Crippen LogP contribution in [0.15, 0.2) is 29.5 Å². The lowest BCUT2D eigenvalue weighted by atomic mass is 10.5. The zero-order chi connectivity index (χ0) is 7.68. The van der Waals surface area contributed by atoms with Crippen molar-refractivity contribution in [3.05, 3.63) is 24.6 Å². The number of rotatable bonds is 0. The van der Waals surface area contributed by atoms with Crippen LogP contribution in [-0.2, 0) is 0 Å². The molecule has 2 aliphatic heterocycles. The summed E-state index contributed by atoms with van der Waals surface area (Å²) in [5.74, 6) is 0.705. The molecule has 2 aliphatic rings. The Morgan fingerprint density at radius 1 is 1.64 bits per heavy atom. The van der Waals surface area contributed by atoms with Crippen LogP contribution in [-0.4, -0.2) is 27.2 Å². The fourth-order valence-electron chi connectivity index (χ4n) is 0.997. The number of nitrogens with zero attached hydrogens (tertiary/aromatic N) is 2. The molecule has 0 aliphatic carbocycles. The van der Waals surface area contributed by atoms with E-state index in [1.165, 1.54) is 0 Å². The molecule has 0 aromatic carbocycles. The third kappa shape index (κ3) is 1.19. The monoisotopic (exact) mass is 168 g/mol. The Morgan fingerprint density at radius 2 is 2.55 bits per heavy atom. The molecule has 1 atom stereocenters. The van der Waals surface area contributed by atoms with E-state index in [1.54, 1.807) is 22.9 Å². The lowest BCUT2D eigenvalue weighted by Crippen LogP contribution is -2.27. The van der Waals surface area contributed by atoms with Crippen molar-refractivity contribution in [1.82, 2.24) is 4.90 Å². The molecule has 0 saturated carbocycles. The fourth-order valence-corrected chi connectivity index (χ4v) is 1.92. The first-order valence-electron chi connectivity index (χ1n) is 3.38. The maximum atomic E-state index is 9.39. The predicted molar refractivity (Wildman–Crippen MR) is 46.0 cm³/mol. The molecule has 1 N–H and O–H groups in total. The maximum Gasteiger partial charge on any atom is 0.170 e. The summed E-state index contributed by atoms with van der Waals surface area (Å²) in [5, 5.41) is 10.3. The second-order valence-corrected chi connectivity index (χ2v) is 3.28. The standard InChI is InChI=1S/C7H8N2OS/c10-6-5-11-7-8-3-1-2-4-9(6)7/h1-4,6,10H,5H2. The second-order valence-electron chi connectivity index (χ2n) is 2.29. The minimum Gasteiger partial charge on any atom is -0.372 e. The van der Waals surface area contributed by atoms with Crippen molar-refractivity contribution >= 4 is 16.9 Å². The number of thioether (sulfide) groups is 1. The number of aliphatic imine (C=N–C) groups is 1. The second kappa shape index (κ2) is 2.71. The van der Waals surface area contributed by atoms with Crippen LogP contribution in [0, 0.1) is 0 Å². The summed E-state index contributed by atoms with van der Waals surface area (Å²) in [6, 6.07) is 0. The third-order valence-electron chi connectivity index (χ3n) is 1.53. The van der Waals surface area contributed by atoms with Crippen molar-refractivity contribution in [2.24, 2.45) is 4.99 Å². The fraction of sp³-hybridized carbons (Fsp3) is 0.286. The molecule has 11 heavy (non-hydrogen) atoms. The maximum absolute atomic E-state index is 9.39. The van der Waals surface area contributed by atoms with Crippen molar-refractivity contribution in [2.75, 3.05) is 5.75 Å². The number of aliphatic hydroxyl groups excluding tert-OH is 1. The van der Waals surface area contributed by atoms with Crippen LogP contribution in [0.4, 0.5) is 0 Å². The van der Waals surface area contributed by atoms with Crippen LogP contribution in [0.25, 0.3) is 0 Å². The van der Waals surface area contributed by atoms with Crippen LogP contribution in [0.5, 0.6) is 0 Å². The van der Waals surface area contributed by atoms with E-state index in [4.69, 9.17) is 0 Å². The molecule has 0 amide bonds. The summed E-state index contributed by atoms with van der Waals surface area (Å²) < 4.78 is 0. The van der Waals surface area contributed by atoms with E-state index in [0.29, 0.717) is 5.75 Å². The molecule has 0 bridgehead atoms. The molecule has 0 spiro atoms. The van der Waals surface area contributed by atoms with Gasteiger partial charge < -0.3 is 10.0 Å². The molecule has 0 radical (unpaired) electrons. The highest BCUT2D eigenvalue weighted by molar-refractivity contribution is 8.14. The number of amidine groups is 1. The van der Waals surface area contributed by atoms with Crippen LogP contribution in [0.2, 0.25) is 0 Å². The first-order chi connectivity index (χ1) is 5.38. The highest BCUT2D eigenvalue weighted by Crippen LogP contribution is 2.23. The predicted octanol–water partition coefficient (Wildman–Crippen LogP) is 0.751. The van der Waals surface area contributed by atoms with Gasteiger partial charge in [-0.2, -0.15) is 0 Å². The molecular weight excluding hydrogens is 160 g/mol.